The quantitative estimate of drug-likeness (QED) is 0.878. The van der Waals surface area contributed by atoms with Gasteiger partial charge in [-0.05, 0) is 39.2 Å². The zero-order valence-electron chi connectivity index (χ0n) is 13.1. The Morgan fingerprint density at radius 1 is 1.29 bits per heavy atom. The van der Waals surface area contributed by atoms with Crippen LogP contribution in [0.5, 0.6) is 0 Å². The number of carbonyl (C=O) groups is 1. The van der Waals surface area contributed by atoms with E-state index in [2.05, 4.69) is 5.32 Å². The molecular weight excluding hydrogens is 266 g/mol. The number of nitrogens with one attached hydrogen (secondary N) is 1. The molecule has 1 aromatic rings. The first kappa shape index (κ1) is 15.8. The van der Waals surface area contributed by atoms with Crippen molar-refractivity contribution in [1.82, 2.24) is 5.32 Å². The van der Waals surface area contributed by atoms with Crippen molar-refractivity contribution in [3.8, 4) is 0 Å². The number of benzene rings is 1. The molecule has 4 heteroatoms. The Morgan fingerprint density at radius 2 is 1.95 bits per heavy atom. The Hall–Kier alpha value is -1.55. The molecule has 0 aromatic heterocycles. The van der Waals surface area contributed by atoms with Gasteiger partial charge in [0, 0.05) is 0 Å². The molecule has 0 spiro atoms. The minimum Gasteiger partial charge on any atom is -0.444 e. The fourth-order valence-corrected chi connectivity index (χ4v) is 2.87. The van der Waals surface area contributed by atoms with E-state index in [-0.39, 0.29) is 6.04 Å². The number of amides is 1. The third-order valence-electron chi connectivity index (χ3n) is 3.84. The van der Waals surface area contributed by atoms with Gasteiger partial charge in [-0.15, -0.1) is 0 Å². The van der Waals surface area contributed by atoms with E-state index in [0.717, 1.165) is 24.8 Å². The second-order valence-electron chi connectivity index (χ2n) is 6.73. The summed E-state index contributed by atoms with van der Waals surface area (Å²) < 4.78 is 5.31. The number of hydrogen-bond acceptors (Lipinski definition) is 3. The lowest BCUT2D eigenvalue weighted by molar-refractivity contribution is -0.0364. The highest BCUT2D eigenvalue weighted by Gasteiger charge is 2.41. The SMILES string of the molecule is CC(C)(C)OC(=O)N[C@@H]1CCCC[C@@]1(O)c1ccccc1. The van der Waals surface area contributed by atoms with Gasteiger partial charge in [0.15, 0.2) is 0 Å². The lowest BCUT2D eigenvalue weighted by Gasteiger charge is -2.40. The Morgan fingerprint density at radius 3 is 2.57 bits per heavy atom. The predicted molar refractivity (Wildman–Crippen MR) is 82.0 cm³/mol. The maximum atomic E-state index is 12.0. The fraction of sp³-hybridized carbons (Fsp3) is 0.588. The fourth-order valence-electron chi connectivity index (χ4n) is 2.87. The normalized spacial score (nSPS) is 26.2. The molecule has 1 amide bonds. The first-order valence-corrected chi connectivity index (χ1v) is 7.59. The van der Waals surface area contributed by atoms with E-state index in [9.17, 15) is 9.90 Å². The number of carbonyl (C=O) groups excluding carboxylic acids is 1. The molecule has 2 rings (SSSR count). The molecule has 0 heterocycles. The lowest BCUT2D eigenvalue weighted by atomic mass is 9.76. The molecule has 1 aliphatic rings. The van der Waals surface area contributed by atoms with E-state index in [4.69, 9.17) is 4.74 Å². The second-order valence-corrected chi connectivity index (χ2v) is 6.73. The van der Waals surface area contributed by atoms with Crippen LogP contribution in [0.3, 0.4) is 0 Å². The first-order chi connectivity index (χ1) is 9.81. The third-order valence-corrected chi connectivity index (χ3v) is 3.84. The molecule has 2 atom stereocenters. The summed E-state index contributed by atoms with van der Waals surface area (Å²) in [6.07, 6.45) is 2.89. The second kappa shape index (κ2) is 6.06. The molecule has 0 unspecified atom stereocenters. The number of hydrogen-bond donors (Lipinski definition) is 2. The van der Waals surface area contributed by atoms with Gasteiger partial charge in [0.2, 0.25) is 0 Å². The molecule has 1 aliphatic carbocycles. The number of aliphatic hydroxyl groups is 1. The van der Waals surface area contributed by atoms with E-state index in [1.54, 1.807) is 0 Å². The highest BCUT2D eigenvalue weighted by atomic mass is 16.6. The molecule has 116 valence electrons. The van der Waals surface area contributed by atoms with Crippen molar-refractivity contribution >= 4 is 6.09 Å². The van der Waals surface area contributed by atoms with E-state index in [1.165, 1.54) is 0 Å². The first-order valence-electron chi connectivity index (χ1n) is 7.59. The number of alkyl carbamates (subject to hydrolysis) is 1. The summed E-state index contributed by atoms with van der Waals surface area (Å²) in [4.78, 5) is 12.0. The van der Waals surface area contributed by atoms with E-state index in [0.29, 0.717) is 6.42 Å². The van der Waals surface area contributed by atoms with Gasteiger partial charge in [-0.1, -0.05) is 43.2 Å². The van der Waals surface area contributed by atoms with Gasteiger partial charge in [0.1, 0.15) is 11.2 Å². The van der Waals surface area contributed by atoms with Crippen molar-refractivity contribution in [2.45, 2.75) is 63.7 Å². The van der Waals surface area contributed by atoms with Crippen molar-refractivity contribution in [3.05, 3.63) is 35.9 Å². The molecule has 1 saturated carbocycles. The Bertz CT molecular complexity index is 481. The van der Waals surface area contributed by atoms with E-state index in [1.807, 2.05) is 51.1 Å². The summed E-state index contributed by atoms with van der Waals surface area (Å²) in [7, 11) is 0. The molecule has 0 radical (unpaired) electrons. The maximum absolute atomic E-state index is 12.0. The average molecular weight is 291 g/mol. The summed E-state index contributed by atoms with van der Waals surface area (Å²) in [6, 6.07) is 9.25. The monoisotopic (exact) mass is 291 g/mol. The smallest absolute Gasteiger partial charge is 0.407 e. The highest BCUT2D eigenvalue weighted by molar-refractivity contribution is 5.68. The number of ether oxygens (including phenoxy) is 1. The predicted octanol–water partition coefficient (Wildman–Crippen LogP) is 3.34. The standard InChI is InChI=1S/C17H25NO3/c1-16(2,3)21-15(19)18-14-11-7-8-12-17(14,20)13-9-5-4-6-10-13/h4-6,9-10,14,20H,7-8,11-12H2,1-3H3,(H,18,19)/t14-,17-/m1/s1. The van der Waals surface area contributed by atoms with Gasteiger partial charge in [-0.25, -0.2) is 4.79 Å². The zero-order valence-corrected chi connectivity index (χ0v) is 13.1. The Balaban J connectivity index is 2.14. The molecule has 1 aromatic carbocycles. The molecule has 1 fully saturated rings. The molecule has 2 N–H and O–H groups in total. The molecule has 21 heavy (non-hydrogen) atoms. The minimum absolute atomic E-state index is 0.316. The van der Waals surface area contributed by atoms with Crippen LogP contribution in [0.2, 0.25) is 0 Å². The van der Waals surface area contributed by atoms with Crippen LogP contribution in [-0.2, 0) is 10.3 Å². The van der Waals surface area contributed by atoms with E-state index < -0.39 is 17.3 Å². The van der Waals surface area contributed by atoms with Gasteiger partial charge < -0.3 is 15.2 Å². The van der Waals surface area contributed by atoms with Gasteiger partial charge >= 0.3 is 6.09 Å². The van der Waals surface area contributed by atoms with Gasteiger partial charge in [0.05, 0.1) is 6.04 Å². The number of rotatable bonds is 2. The van der Waals surface area contributed by atoms with Crippen molar-refractivity contribution in [1.29, 1.82) is 0 Å². The zero-order chi connectivity index (χ0) is 15.5. The highest BCUT2D eigenvalue weighted by Crippen LogP contribution is 2.37. The van der Waals surface area contributed by atoms with Crippen LogP contribution in [0.15, 0.2) is 30.3 Å². The van der Waals surface area contributed by atoms with Crippen molar-refractivity contribution in [2.75, 3.05) is 0 Å². The lowest BCUT2D eigenvalue weighted by Crippen LogP contribution is -2.53. The summed E-state index contributed by atoms with van der Waals surface area (Å²) in [5, 5.41) is 13.9. The summed E-state index contributed by atoms with van der Waals surface area (Å²) in [5.41, 5.74) is -0.703. The summed E-state index contributed by atoms with van der Waals surface area (Å²) in [5.74, 6) is 0. The maximum Gasteiger partial charge on any atom is 0.407 e. The van der Waals surface area contributed by atoms with Crippen LogP contribution in [0.4, 0.5) is 4.79 Å². The van der Waals surface area contributed by atoms with Gasteiger partial charge in [-0.3, -0.25) is 0 Å². The molecule has 0 bridgehead atoms. The third kappa shape index (κ3) is 3.97. The van der Waals surface area contributed by atoms with Crippen LogP contribution < -0.4 is 5.32 Å². The van der Waals surface area contributed by atoms with Crippen LogP contribution >= 0.6 is 0 Å². The van der Waals surface area contributed by atoms with Gasteiger partial charge in [-0.2, -0.15) is 0 Å². The summed E-state index contributed by atoms with van der Waals surface area (Å²) in [6.45, 7) is 5.49. The Labute approximate surface area is 126 Å². The van der Waals surface area contributed by atoms with Crippen molar-refractivity contribution < 1.29 is 14.6 Å². The molecular formula is C17H25NO3. The molecule has 4 nitrogen and oxygen atoms in total. The van der Waals surface area contributed by atoms with Crippen LogP contribution in [0, 0.1) is 0 Å². The van der Waals surface area contributed by atoms with Gasteiger partial charge in [0.25, 0.3) is 0 Å². The van der Waals surface area contributed by atoms with Crippen LogP contribution in [0.1, 0.15) is 52.0 Å². The largest absolute Gasteiger partial charge is 0.444 e. The summed E-state index contributed by atoms with van der Waals surface area (Å²) >= 11 is 0. The topological polar surface area (TPSA) is 58.6 Å². The Kier molecular flexibility index (Phi) is 4.57. The molecule has 0 saturated heterocycles. The van der Waals surface area contributed by atoms with Crippen LogP contribution in [0.25, 0.3) is 0 Å². The van der Waals surface area contributed by atoms with Crippen molar-refractivity contribution in [2.24, 2.45) is 0 Å². The minimum atomic E-state index is -1.02. The van der Waals surface area contributed by atoms with Crippen molar-refractivity contribution in [3.63, 3.8) is 0 Å². The average Bonchev–Trinajstić information content (AvgIpc) is 2.40. The molecule has 0 aliphatic heterocycles. The van der Waals surface area contributed by atoms with E-state index >= 15 is 0 Å². The van der Waals surface area contributed by atoms with Crippen LogP contribution in [-0.4, -0.2) is 22.8 Å².